The van der Waals surface area contributed by atoms with Crippen LogP contribution in [0.15, 0.2) is 35.5 Å². The second-order valence-electron chi connectivity index (χ2n) is 8.14. The smallest absolute Gasteiger partial charge is 0.407 e. The SMILES string of the molecule is Cc1cncc2cccc(S(=O)(=O)N3CCC(NC(=O)OC(C)(C)C)CC3)c12. The summed E-state index contributed by atoms with van der Waals surface area (Å²) in [6, 6.07) is 5.16. The van der Waals surface area contributed by atoms with E-state index in [1.54, 1.807) is 24.5 Å². The number of hydrogen-bond donors (Lipinski definition) is 1. The Morgan fingerprint density at radius 1 is 1.21 bits per heavy atom. The molecule has 0 aliphatic carbocycles. The third kappa shape index (κ3) is 4.44. The first-order valence-corrected chi connectivity index (χ1v) is 10.8. The van der Waals surface area contributed by atoms with Crippen LogP contribution in [0.4, 0.5) is 4.79 Å². The molecule has 2 heterocycles. The number of piperidine rings is 1. The van der Waals surface area contributed by atoms with Gasteiger partial charge in [-0.2, -0.15) is 4.31 Å². The molecule has 1 saturated heterocycles. The van der Waals surface area contributed by atoms with Crippen molar-refractivity contribution in [1.29, 1.82) is 0 Å². The lowest BCUT2D eigenvalue weighted by molar-refractivity contribution is 0.0489. The lowest BCUT2D eigenvalue weighted by Crippen LogP contribution is -2.47. The van der Waals surface area contributed by atoms with Crippen molar-refractivity contribution in [2.75, 3.05) is 13.1 Å². The van der Waals surface area contributed by atoms with Crippen molar-refractivity contribution in [2.24, 2.45) is 0 Å². The van der Waals surface area contributed by atoms with Crippen LogP contribution in [0.2, 0.25) is 0 Å². The lowest BCUT2D eigenvalue weighted by atomic mass is 10.1. The van der Waals surface area contributed by atoms with E-state index in [2.05, 4.69) is 10.3 Å². The van der Waals surface area contributed by atoms with Crippen LogP contribution in [0, 0.1) is 6.92 Å². The van der Waals surface area contributed by atoms with Crippen molar-refractivity contribution < 1.29 is 17.9 Å². The number of ether oxygens (including phenoxy) is 1. The molecule has 1 N–H and O–H groups in total. The highest BCUT2D eigenvalue weighted by Crippen LogP contribution is 2.29. The van der Waals surface area contributed by atoms with E-state index >= 15 is 0 Å². The molecule has 0 radical (unpaired) electrons. The van der Waals surface area contributed by atoms with Gasteiger partial charge in [0.2, 0.25) is 10.0 Å². The molecule has 1 aliphatic heterocycles. The number of carbonyl (C=O) groups excluding carboxylic acids is 1. The van der Waals surface area contributed by atoms with Gasteiger partial charge in [0.15, 0.2) is 0 Å². The number of fused-ring (bicyclic) bond motifs is 1. The largest absolute Gasteiger partial charge is 0.444 e. The summed E-state index contributed by atoms with van der Waals surface area (Å²) in [5.74, 6) is 0. The van der Waals surface area contributed by atoms with E-state index in [1.807, 2.05) is 33.8 Å². The molecule has 2 aromatic rings. The summed E-state index contributed by atoms with van der Waals surface area (Å²) in [6.45, 7) is 7.99. The average molecular weight is 406 g/mol. The number of rotatable bonds is 3. The number of pyridine rings is 1. The van der Waals surface area contributed by atoms with Crippen LogP contribution in [0.1, 0.15) is 39.2 Å². The Bertz CT molecular complexity index is 969. The first kappa shape index (κ1) is 20.5. The van der Waals surface area contributed by atoms with E-state index in [-0.39, 0.29) is 6.04 Å². The fourth-order valence-electron chi connectivity index (χ4n) is 3.44. The Labute approximate surface area is 166 Å². The van der Waals surface area contributed by atoms with Crippen molar-refractivity contribution in [3.63, 3.8) is 0 Å². The zero-order valence-electron chi connectivity index (χ0n) is 16.7. The topological polar surface area (TPSA) is 88.6 Å². The van der Waals surface area contributed by atoms with Gasteiger partial charge in [-0.3, -0.25) is 4.98 Å². The standard InChI is InChI=1S/C20H27N3O4S/c1-14-12-21-13-15-6-5-7-17(18(14)15)28(25,26)23-10-8-16(9-11-23)22-19(24)27-20(2,3)4/h5-7,12-13,16H,8-11H2,1-4H3,(H,22,24). The van der Waals surface area contributed by atoms with E-state index < -0.39 is 21.7 Å². The second kappa shape index (κ2) is 7.67. The van der Waals surface area contributed by atoms with Crippen molar-refractivity contribution in [2.45, 2.75) is 57.1 Å². The molecule has 1 aromatic carbocycles. The van der Waals surface area contributed by atoms with Crippen molar-refractivity contribution >= 4 is 26.9 Å². The summed E-state index contributed by atoms with van der Waals surface area (Å²) < 4.78 is 33.3. The fourth-order valence-corrected chi connectivity index (χ4v) is 5.20. The minimum atomic E-state index is -3.63. The second-order valence-corrected chi connectivity index (χ2v) is 10.0. The van der Waals surface area contributed by atoms with Crippen LogP contribution in [-0.4, -0.2) is 48.5 Å². The average Bonchev–Trinajstić information content (AvgIpc) is 2.60. The van der Waals surface area contributed by atoms with Gasteiger partial charge in [-0.25, -0.2) is 13.2 Å². The number of carbonyl (C=O) groups is 1. The van der Waals surface area contributed by atoms with Gasteiger partial charge in [-0.05, 0) is 52.2 Å². The van der Waals surface area contributed by atoms with Gasteiger partial charge in [0.25, 0.3) is 0 Å². The van der Waals surface area contributed by atoms with Crippen LogP contribution in [0.25, 0.3) is 10.8 Å². The number of hydrogen-bond acceptors (Lipinski definition) is 5. The Morgan fingerprint density at radius 3 is 2.54 bits per heavy atom. The number of alkyl carbamates (subject to hydrolysis) is 1. The lowest BCUT2D eigenvalue weighted by Gasteiger charge is -2.32. The molecule has 28 heavy (non-hydrogen) atoms. The molecule has 0 spiro atoms. The number of nitrogens with one attached hydrogen (secondary N) is 1. The zero-order chi connectivity index (χ0) is 20.5. The molecule has 1 fully saturated rings. The Balaban J connectivity index is 1.73. The maximum Gasteiger partial charge on any atom is 0.407 e. The van der Waals surface area contributed by atoms with Gasteiger partial charge in [-0.15, -0.1) is 0 Å². The van der Waals surface area contributed by atoms with Crippen LogP contribution >= 0.6 is 0 Å². The summed E-state index contributed by atoms with van der Waals surface area (Å²) in [7, 11) is -3.63. The monoisotopic (exact) mass is 405 g/mol. The highest BCUT2D eigenvalue weighted by Gasteiger charge is 2.32. The number of amides is 1. The van der Waals surface area contributed by atoms with Crippen LogP contribution < -0.4 is 5.32 Å². The summed E-state index contributed by atoms with van der Waals surface area (Å²) in [4.78, 5) is 16.4. The van der Waals surface area contributed by atoms with E-state index in [0.717, 1.165) is 10.9 Å². The molecule has 1 amide bonds. The predicted octanol–water partition coefficient (Wildman–Crippen LogP) is 3.22. The van der Waals surface area contributed by atoms with Crippen molar-refractivity contribution in [1.82, 2.24) is 14.6 Å². The molecule has 7 nitrogen and oxygen atoms in total. The maximum atomic E-state index is 13.3. The predicted molar refractivity (Wildman–Crippen MR) is 108 cm³/mol. The zero-order valence-corrected chi connectivity index (χ0v) is 17.5. The van der Waals surface area contributed by atoms with Crippen LogP contribution in [0.5, 0.6) is 0 Å². The van der Waals surface area contributed by atoms with Crippen molar-refractivity contribution in [3.8, 4) is 0 Å². The number of aromatic nitrogens is 1. The minimum Gasteiger partial charge on any atom is -0.444 e. The van der Waals surface area contributed by atoms with Gasteiger partial charge in [0, 0.05) is 42.3 Å². The normalized spacial score (nSPS) is 16.9. The van der Waals surface area contributed by atoms with E-state index in [4.69, 9.17) is 4.74 Å². The number of sulfonamides is 1. The quantitative estimate of drug-likeness (QED) is 0.847. The molecule has 0 bridgehead atoms. The number of nitrogens with zero attached hydrogens (tertiary/aromatic N) is 2. The third-order valence-electron chi connectivity index (χ3n) is 4.73. The van der Waals surface area contributed by atoms with Crippen LogP contribution in [-0.2, 0) is 14.8 Å². The van der Waals surface area contributed by atoms with Crippen LogP contribution in [0.3, 0.4) is 0 Å². The summed E-state index contributed by atoms with van der Waals surface area (Å²) in [6.07, 6.45) is 3.98. The van der Waals surface area contributed by atoms with Gasteiger partial charge < -0.3 is 10.1 Å². The van der Waals surface area contributed by atoms with Gasteiger partial charge in [-0.1, -0.05) is 12.1 Å². The number of benzene rings is 1. The highest BCUT2D eigenvalue weighted by molar-refractivity contribution is 7.89. The first-order chi connectivity index (χ1) is 13.1. The molecule has 0 atom stereocenters. The minimum absolute atomic E-state index is 0.0975. The van der Waals surface area contributed by atoms with Gasteiger partial charge in [0.1, 0.15) is 5.60 Å². The molecule has 0 saturated carbocycles. The van der Waals surface area contributed by atoms with Gasteiger partial charge in [0.05, 0.1) is 4.90 Å². The molecular formula is C20H27N3O4S. The van der Waals surface area contributed by atoms with E-state index in [9.17, 15) is 13.2 Å². The summed E-state index contributed by atoms with van der Waals surface area (Å²) >= 11 is 0. The molecular weight excluding hydrogens is 378 g/mol. The first-order valence-electron chi connectivity index (χ1n) is 9.41. The molecule has 3 rings (SSSR count). The van der Waals surface area contributed by atoms with Crippen molar-refractivity contribution in [3.05, 3.63) is 36.2 Å². The van der Waals surface area contributed by atoms with E-state index in [1.165, 1.54) is 4.31 Å². The van der Waals surface area contributed by atoms with E-state index in [0.29, 0.717) is 36.2 Å². The highest BCUT2D eigenvalue weighted by atomic mass is 32.2. The Morgan fingerprint density at radius 2 is 1.89 bits per heavy atom. The molecule has 1 aliphatic rings. The summed E-state index contributed by atoms with van der Waals surface area (Å²) in [5, 5.41) is 4.36. The number of aryl methyl sites for hydroxylation is 1. The molecule has 152 valence electrons. The molecule has 8 heteroatoms. The molecule has 1 aromatic heterocycles. The maximum absolute atomic E-state index is 13.3. The van der Waals surface area contributed by atoms with Gasteiger partial charge >= 0.3 is 6.09 Å². The summed E-state index contributed by atoms with van der Waals surface area (Å²) in [5.41, 5.74) is 0.271. The third-order valence-corrected chi connectivity index (χ3v) is 6.67. The fraction of sp³-hybridized carbons (Fsp3) is 0.500. The molecule has 0 unspecified atom stereocenters. The Kier molecular flexibility index (Phi) is 5.63. The Hall–Kier alpha value is -2.19.